The molecule has 0 unspecified atom stereocenters. The third-order valence-corrected chi connectivity index (χ3v) is 2.85. The molecule has 2 aliphatic heterocycles. The minimum absolute atomic E-state index is 0.540. The maximum Gasteiger partial charge on any atom is 0.404 e. The molecule has 2 rings (SSSR count). The summed E-state index contributed by atoms with van der Waals surface area (Å²) in [5.74, 6) is 0. The van der Waals surface area contributed by atoms with E-state index in [-0.39, 0.29) is 0 Å². The SMILES string of the molecule is O=C(O)NCCN1C[C@@H]2C[C@H]1CN2. The van der Waals surface area contributed by atoms with Crippen molar-refractivity contribution in [2.24, 2.45) is 0 Å². The minimum atomic E-state index is -0.928. The average Bonchev–Trinajstić information content (AvgIpc) is 2.64. The van der Waals surface area contributed by atoms with Crippen molar-refractivity contribution in [1.29, 1.82) is 0 Å². The number of nitrogens with zero attached hydrogens (tertiary/aromatic N) is 1. The van der Waals surface area contributed by atoms with E-state index in [4.69, 9.17) is 5.11 Å². The number of likely N-dealkylation sites (tertiary alicyclic amines) is 1. The van der Waals surface area contributed by atoms with E-state index in [1.165, 1.54) is 6.42 Å². The van der Waals surface area contributed by atoms with Crippen LogP contribution in [0.2, 0.25) is 0 Å². The van der Waals surface area contributed by atoms with Crippen LogP contribution in [-0.2, 0) is 0 Å². The zero-order valence-electron chi connectivity index (χ0n) is 7.49. The van der Waals surface area contributed by atoms with Crippen LogP contribution in [0.25, 0.3) is 0 Å². The molecule has 0 radical (unpaired) electrons. The van der Waals surface area contributed by atoms with Gasteiger partial charge in [0.1, 0.15) is 0 Å². The number of carboxylic acid groups (broad SMARTS) is 1. The number of hydrogen-bond donors (Lipinski definition) is 3. The number of carbonyl (C=O) groups is 1. The van der Waals surface area contributed by atoms with E-state index in [0.29, 0.717) is 18.6 Å². The van der Waals surface area contributed by atoms with Crippen LogP contribution in [0.1, 0.15) is 6.42 Å². The van der Waals surface area contributed by atoms with Gasteiger partial charge in [0.2, 0.25) is 0 Å². The van der Waals surface area contributed by atoms with E-state index in [1.807, 2.05) is 0 Å². The molecule has 74 valence electrons. The van der Waals surface area contributed by atoms with Gasteiger partial charge in [0, 0.05) is 38.3 Å². The van der Waals surface area contributed by atoms with E-state index in [2.05, 4.69) is 15.5 Å². The Balaban J connectivity index is 1.68. The summed E-state index contributed by atoms with van der Waals surface area (Å²) in [6, 6.07) is 1.29. The van der Waals surface area contributed by atoms with E-state index in [1.54, 1.807) is 0 Å². The fourth-order valence-corrected chi connectivity index (χ4v) is 2.23. The summed E-state index contributed by atoms with van der Waals surface area (Å²) in [6.45, 7) is 3.53. The van der Waals surface area contributed by atoms with E-state index < -0.39 is 6.09 Å². The summed E-state index contributed by atoms with van der Waals surface area (Å²) in [7, 11) is 0. The minimum Gasteiger partial charge on any atom is -0.465 e. The van der Waals surface area contributed by atoms with Crippen LogP contribution in [0.3, 0.4) is 0 Å². The van der Waals surface area contributed by atoms with Gasteiger partial charge in [0.25, 0.3) is 0 Å². The second-order valence-corrected chi connectivity index (χ2v) is 3.72. The van der Waals surface area contributed by atoms with Crippen molar-refractivity contribution in [3.05, 3.63) is 0 Å². The molecule has 0 aromatic heterocycles. The van der Waals surface area contributed by atoms with E-state index >= 15 is 0 Å². The van der Waals surface area contributed by atoms with Crippen molar-refractivity contribution in [2.75, 3.05) is 26.2 Å². The van der Waals surface area contributed by atoms with Crippen molar-refractivity contribution in [3.8, 4) is 0 Å². The largest absolute Gasteiger partial charge is 0.465 e. The molecule has 0 spiro atoms. The molecule has 13 heavy (non-hydrogen) atoms. The summed E-state index contributed by atoms with van der Waals surface area (Å²) in [4.78, 5) is 12.5. The van der Waals surface area contributed by atoms with Crippen LogP contribution < -0.4 is 10.6 Å². The molecule has 0 saturated carbocycles. The molecule has 2 heterocycles. The Kier molecular flexibility index (Phi) is 2.37. The Morgan fingerprint density at radius 3 is 3.08 bits per heavy atom. The summed E-state index contributed by atoms with van der Waals surface area (Å²) in [6.07, 6.45) is 0.301. The first-order chi connectivity index (χ1) is 6.25. The van der Waals surface area contributed by atoms with Crippen molar-refractivity contribution in [2.45, 2.75) is 18.5 Å². The highest BCUT2D eigenvalue weighted by atomic mass is 16.4. The van der Waals surface area contributed by atoms with Crippen LogP contribution in [0.5, 0.6) is 0 Å². The lowest BCUT2D eigenvalue weighted by molar-refractivity contribution is 0.187. The number of rotatable bonds is 3. The third kappa shape index (κ3) is 1.92. The van der Waals surface area contributed by atoms with Gasteiger partial charge >= 0.3 is 6.09 Å². The molecule has 0 aromatic rings. The first-order valence-corrected chi connectivity index (χ1v) is 4.70. The standard InChI is InChI=1S/C8H15N3O2/c12-8(13)9-1-2-11-5-6-3-7(11)4-10-6/h6-7,9-10H,1-5H2,(H,12,13)/t6-,7-/m0/s1. The molecule has 5 heteroatoms. The zero-order valence-corrected chi connectivity index (χ0v) is 7.49. The quantitative estimate of drug-likeness (QED) is 0.544. The number of fused-ring (bicyclic) bond motifs is 2. The van der Waals surface area contributed by atoms with Crippen LogP contribution in [0, 0.1) is 0 Å². The van der Waals surface area contributed by atoms with Gasteiger partial charge in [0.05, 0.1) is 0 Å². The van der Waals surface area contributed by atoms with E-state index in [9.17, 15) is 4.79 Å². The molecule has 2 atom stereocenters. The smallest absolute Gasteiger partial charge is 0.404 e. The van der Waals surface area contributed by atoms with Gasteiger partial charge in [-0.1, -0.05) is 0 Å². The van der Waals surface area contributed by atoms with Crippen molar-refractivity contribution in [3.63, 3.8) is 0 Å². The van der Waals surface area contributed by atoms with Crippen LogP contribution in [0.15, 0.2) is 0 Å². The third-order valence-electron chi connectivity index (χ3n) is 2.85. The topological polar surface area (TPSA) is 64.6 Å². The molecular formula is C8H15N3O2. The monoisotopic (exact) mass is 185 g/mol. The van der Waals surface area contributed by atoms with Gasteiger partial charge in [-0.2, -0.15) is 0 Å². The first-order valence-electron chi connectivity index (χ1n) is 4.70. The number of nitrogens with one attached hydrogen (secondary N) is 2. The predicted octanol–water partition coefficient (Wildman–Crippen LogP) is -0.700. The fourth-order valence-electron chi connectivity index (χ4n) is 2.23. The van der Waals surface area contributed by atoms with Gasteiger partial charge in [-0.3, -0.25) is 4.90 Å². The molecule has 2 bridgehead atoms. The van der Waals surface area contributed by atoms with Gasteiger partial charge in [-0.05, 0) is 6.42 Å². The summed E-state index contributed by atoms with van der Waals surface area (Å²) in [5.41, 5.74) is 0. The summed E-state index contributed by atoms with van der Waals surface area (Å²) < 4.78 is 0. The highest BCUT2D eigenvalue weighted by Gasteiger charge is 2.36. The Labute approximate surface area is 77.1 Å². The van der Waals surface area contributed by atoms with Crippen LogP contribution in [0.4, 0.5) is 4.79 Å². The van der Waals surface area contributed by atoms with Gasteiger partial charge in [0.15, 0.2) is 0 Å². The zero-order chi connectivity index (χ0) is 9.26. The van der Waals surface area contributed by atoms with Gasteiger partial charge in [-0.25, -0.2) is 4.79 Å². The van der Waals surface area contributed by atoms with Gasteiger partial charge in [-0.15, -0.1) is 0 Å². The second-order valence-electron chi connectivity index (χ2n) is 3.72. The maximum atomic E-state index is 10.2. The fraction of sp³-hybridized carbons (Fsp3) is 0.875. The van der Waals surface area contributed by atoms with Crippen molar-refractivity contribution in [1.82, 2.24) is 15.5 Å². The molecule has 0 aromatic carbocycles. The Morgan fingerprint density at radius 1 is 1.69 bits per heavy atom. The molecule has 1 amide bonds. The lowest BCUT2D eigenvalue weighted by Crippen LogP contribution is -2.46. The molecule has 2 aliphatic rings. The molecule has 3 N–H and O–H groups in total. The number of hydrogen-bond acceptors (Lipinski definition) is 3. The Hall–Kier alpha value is -0.810. The van der Waals surface area contributed by atoms with Crippen molar-refractivity contribution < 1.29 is 9.90 Å². The molecular weight excluding hydrogens is 170 g/mol. The normalized spacial score (nSPS) is 32.3. The van der Waals surface area contributed by atoms with Gasteiger partial charge < -0.3 is 15.7 Å². The molecule has 5 nitrogen and oxygen atoms in total. The number of piperazine rings is 1. The summed E-state index contributed by atoms with van der Waals surface area (Å²) in [5, 5.41) is 14.2. The molecule has 0 aliphatic carbocycles. The Bertz CT molecular complexity index is 210. The molecule has 2 fully saturated rings. The number of amides is 1. The van der Waals surface area contributed by atoms with Crippen LogP contribution in [-0.4, -0.2) is 54.4 Å². The van der Waals surface area contributed by atoms with E-state index in [0.717, 1.165) is 19.6 Å². The lowest BCUT2D eigenvalue weighted by atomic mass is 10.2. The lowest BCUT2D eigenvalue weighted by Gasteiger charge is -2.26. The van der Waals surface area contributed by atoms with Crippen molar-refractivity contribution >= 4 is 6.09 Å². The first kappa shape index (κ1) is 8.77. The predicted molar refractivity (Wildman–Crippen MR) is 47.8 cm³/mol. The Morgan fingerprint density at radius 2 is 2.54 bits per heavy atom. The second kappa shape index (κ2) is 3.51. The average molecular weight is 185 g/mol. The van der Waals surface area contributed by atoms with Crippen LogP contribution >= 0.6 is 0 Å². The summed E-state index contributed by atoms with van der Waals surface area (Å²) >= 11 is 0. The molecule has 2 saturated heterocycles. The maximum absolute atomic E-state index is 10.2. The highest BCUT2D eigenvalue weighted by molar-refractivity contribution is 5.64. The highest BCUT2D eigenvalue weighted by Crippen LogP contribution is 2.22.